The molecule has 0 aliphatic heterocycles. The third-order valence-electron chi connectivity index (χ3n) is 8.99. The minimum atomic E-state index is 0.0613. The molecule has 0 bridgehead atoms. The number of carbonyl (C=O) groups is 1. The third-order valence-corrected chi connectivity index (χ3v) is 8.99. The minimum Gasteiger partial charge on any atom is -0.295 e. The van der Waals surface area contributed by atoms with E-state index in [-0.39, 0.29) is 11.2 Å². The van der Waals surface area contributed by atoms with Gasteiger partial charge in [0.05, 0.1) is 0 Å². The maximum absolute atomic E-state index is 12.2. The summed E-state index contributed by atoms with van der Waals surface area (Å²) in [5.41, 5.74) is 9.75. The molecule has 0 radical (unpaired) electrons. The topological polar surface area (TPSA) is 17.1 Å². The molecule has 0 saturated carbocycles. The molecule has 224 valence electrons. The van der Waals surface area contributed by atoms with Crippen LogP contribution in [0, 0.1) is 16.7 Å². The maximum atomic E-state index is 12.2. The predicted octanol–water partition coefficient (Wildman–Crippen LogP) is 12.1. The van der Waals surface area contributed by atoms with Crippen molar-refractivity contribution >= 4 is 5.78 Å². The van der Waals surface area contributed by atoms with Crippen LogP contribution in [0.1, 0.15) is 121 Å². The highest BCUT2D eigenvalue weighted by molar-refractivity contribution is 5.97. The summed E-state index contributed by atoms with van der Waals surface area (Å²) in [6.45, 7) is 22.4. The molecule has 1 nitrogen and oxygen atoms in total. The molecule has 0 aromatic heterocycles. The third kappa shape index (κ3) is 11.6. The van der Waals surface area contributed by atoms with Crippen LogP contribution in [-0.2, 0) is 4.79 Å². The van der Waals surface area contributed by atoms with E-state index in [4.69, 9.17) is 0 Å². The van der Waals surface area contributed by atoms with Gasteiger partial charge in [0, 0.05) is 6.42 Å². The second-order valence-electron chi connectivity index (χ2n) is 13.8. The monoisotopic (exact) mass is 554 g/mol. The summed E-state index contributed by atoms with van der Waals surface area (Å²) in [5.74, 6) is 0.671. The van der Waals surface area contributed by atoms with E-state index < -0.39 is 0 Å². The van der Waals surface area contributed by atoms with Crippen molar-refractivity contribution in [1.29, 1.82) is 0 Å². The van der Waals surface area contributed by atoms with Crippen molar-refractivity contribution < 1.29 is 4.79 Å². The van der Waals surface area contributed by atoms with Crippen molar-refractivity contribution in [2.24, 2.45) is 16.7 Å². The fourth-order valence-corrected chi connectivity index (χ4v) is 6.00. The van der Waals surface area contributed by atoms with Crippen LogP contribution >= 0.6 is 0 Å². The fraction of sp³-hybridized carbons (Fsp3) is 0.525. The molecule has 1 unspecified atom stereocenters. The lowest BCUT2D eigenvalue weighted by Crippen LogP contribution is -2.24. The molecular weight excluding hydrogens is 496 g/mol. The van der Waals surface area contributed by atoms with Gasteiger partial charge in [-0.05, 0) is 107 Å². The van der Waals surface area contributed by atoms with Gasteiger partial charge >= 0.3 is 0 Å². The van der Waals surface area contributed by atoms with Crippen LogP contribution < -0.4 is 0 Å². The van der Waals surface area contributed by atoms with Crippen LogP contribution in [0.4, 0.5) is 0 Å². The first-order valence-corrected chi connectivity index (χ1v) is 15.9. The molecule has 0 N–H and O–H groups in total. The molecule has 0 aromatic carbocycles. The zero-order valence-electron chi connectivity index (χ0n) is 28.0. The molecular formula is C40H58O. The molecule has 1 heteroatoms. The van der Waals surface area contributed by atoms with Crippen LogP contribution in [-0.4, -0.2) is 5.78 Å². The Morgan fingerprint density at radius 3 is 2.32 bits per heavy atom. The SMILES string of the molecule is CC1=C(C/C=C(\C)C/C=C/C(C)=C/C/C=C/C(C)/C=C/C=C(C)/C=C/C2=C(C)C(=O)CCC2(C)C)C(C)(C)CCC1. The minimum absolute atomic E-state index is 0.0613. The first-order chi connectivity index (χ1) is 19.2. The molecule has 2 aliphatic rings. The second-order valence-corrected chi connectivity index (χ2v) is 13.8. The molecule has 1 atom stereocenters. The summed E-state index contributed by atoms with van der Waals surface area (Å²) in [5, 5.41) is 0. The average molecular weight is 555 g/mol. The van der Waals surface area contributed by atoms with Crippen LogP contribution in [0.5, 0.6) is 0 Å². The Kier molecular flexibility index (Phi) is 13.6. The van der Waals surface area contributed by atoms with Gasteiger partial charge < -0.3 is 0 Å². The molecule has 0 spiro atoms. The van der Waals surface area contributed by atoms with E-state index >= 15 is 0 Å². The van der Waals surface area contributed by atoms with E-state index in [1.54, 1.807) is 11.1 Å². The van der Waals surface area contributed by atoms with E-state index in [9.17, 15) is 4.79 Å². The van der Waals surface area contributed by atoms with Crippen molar-refractivity contribution in [2.75, 3.05) is 0 Å². The number of hydrogen-bond donors (Lipinski definition) is 0. The molecule has 0 amide bonds. The largest absolute Gasteiger partial charge is 0.295 e. The van der Waals surface area contributed by atoms with Crippen LogP contribution in [0.15, 0.2) is 106 Å². The Balaban J connectivity index is 1.80. The Morgan fingerprint density at radius 1 is 0.878 bits per heavy atom. The van der Waals surface area contributed by atoms with Crippen LogP contribution in [0.25, 0.3) is 0 Å². The lowest BCUT2D eigenvalue weighted by molar-refractivity contribution is -0.116. The average Bonchev–Trinajstić information content (AvgIpc) is 2.88. The number of rotatable bonds is 12. The number of ketones is 1. The van der Waals surface area contributed by atoms with E-state index in [0.717, 1.165) is 31.3 Å². The van der Waals surface area contributed by atoms with E-state index in [2.05, 4.69) is 129 Å². The lowest BCUT2D eigenvalue weighted by Gasteiger charge is -2.34. The zero-order chi connectivity index (χ0) is 30.6. The van der Waals surface area contributed by atoms with Gasteiger partial charge in [-0.1, -0.05) is 129 Å². The van der Waals surface area contributed by atoms with E-state index in [0.29, 0.717) is 17.8 Å². The summed E-state index contributed by atoms with van der Waals surface area (Å²) in [6, 6.07) is 0. The van der Waals surface area contributed by atoms with Crippen molar-refractivity contribution in [2.45, 2.75) is 121 Å². The van der Waals surface area contributed by atoms with Gasteiger partial charge in [-0.25, -0.2) is 0 Å². The van der Waals surface area contributed by atoms with Gasteiger partial charge in [0.2, 0.25) is 0 Å². The number of hydrogen-bond acceptors (Lipinski definition) is 1. The van der Waals surface area contributed by atoms with Gasteiger partial charge in [0.25, 0.3) is 0 Å². The molecule has 0 heterocycles. The highest BCUT2D eigenvalue weighted by Crippen LogP contribution is 2.42. The molecule has 0 fully saturated rings. The van der Waals surface area contributed by atoms with Crippen molar-refractivity contribution in [3.05, 3.63) is 106 Å². The van der Waals surface area contributed by atoms with Crippen LogP contribution in [0.3, 0.4) is 0 Å². The molecule has 0 saturated heterocycles. The summed E-state index contributed by atoms with van der Waals surface area (Å²) >= 11 is 0. The summed E-state index contributed by atoms with van der Waals surface area (Å²) < 4.78 is 0. The van der Waals surface area contributed by atoms with Gasteiger partial charge in [0.15, 0.2) is 5.78 Å². The summed E-state index contributed by atoms with van der Waals surface area (Å²) in [6.07, 6.45) is 33.2. The van der Waals surface area contributed by atoms with E-state index in [1.807, 2.05) is 6.92 Å². The smallest absolute Gasteiger partial charge is 0.158 e. The van der Waals surface area contributed by atoms with Crippen LogP contribution in [0.2, 0.25) is 0 Å². The highest BCUT2D eigenvalue weighted by Gasteiger charge is 2.30. The number of Topliss-reactive ketones (excluding diaryl/α,β-unsaturated/α-hetero) is 1. The molecule has 2 rings (SSSR count). The van der Waals surface area contributed by atoms with E-state index in [1.165, 1.54) is 41.6 Å². The first kappa shape index (κ1) is 34.5. The maximum Gasteiger partial charge on any atom is 0.158 e. The normalized spacial score (nSPS) is 21.9. The zero-order valence-corrected chi connectivity index (χ0v) is 28.0. The van der Waals surface area contributed by atoms with Gasteiger partial charge in [0.1, 0.15) is 0 Å². The highest BCUT2D eigenvalue weighted by atomic mass is 16.1. The van der Waals surface area contributed by atoms with Gasteiger partial charge in [-0.2, -0.15) is 0 Å². The quantitative estimate of drug-likeness (QED) is 0.173. The Labute approximate surface area is 253 Å². The standard InChI is InChI=1S/C40H58O/c1-30(18-13-20-32(3)23-25-36-34(5)22-15-28-39(36,7)8)16-11-12-17-31(2)19-14-21-33(4)24-26-37-35(6)38(41)27-29-40(37,9)10/h12-14,16-19,21,23-24,26,31H,11,15,20,22,25,27-29H2,1-10H3/b17-12+,18-13+,19-14+,26-24+,30-16+,32-23+,33-21+. The Morgan fingerprint density at radius 2 is 1.61 bits per heavy atom. The summed E-state index contributed by atoms with van der Waals surface area (Å²) in [4.78, 5) is 12.2. The number of allylic oxidation sites excluding steroid dienone is 18. The number of carbonyl (C=O) groups excluding carboxylic acids is 1. The summed E-state index contributed by atoms with van der Waals surface area (Å²) in [7, 11) is 0. The first-order valence-electron chi connectivity index (χ1n) is 15.9. The molecule has 41 heavy (non-hydrogen) atoms. The Bertz CT molecular complexity index is 1190. The predicted molar refractivity (Wildman–Crippen MR) is 182 cm³/mol. The molecule has 0 aromatic rings. The van der Waals surface area contributed by atoms with Crippen molar-refractivity contribution in [3.63, 3.8) is 0 Å². The molecule has 2 aliphatic carbocycles. The van der Waals surface area contributed by atoms with Crippen molar-refractivity contribution in [3.8, 4) is 0 Å². The Hall–Kier alpha value is -2.67. The fourth-order valence-electron chi connectivity index (χ4n) is 6.00. The second kappa shape index (κ2) is 16.1. The lowest BCUT2D eigenvalue weighted by atomic mass is 9.71. The van der Waals surface area contributed by atoms with Gasteiger partial charge in [-0.15, -0.1) is 0 Å². The van der Waals surface area contributed by atoms with Crippen molar-refractivity contribution in [1.82, 2.24) is 0 Å². The van der Waals surface area contributed by atoms with Gasteiger partial charge in [-0.3, -0.25) is 4.79 Å².